The van der Waals surface area contributed by atoms with Crippen molar-refractivity contribution in [3.63, 3.8) is 0 Å². The van der Waals surface area contributed by atoms with Crippen molar-refractivity contribution in [3.05, 3.63) is 46.9 Å². The van der Waals surface area contributed by atoms with Crippen molar-refractivity contribution in [1.82, 2.24) is 9.88 Å². The lowest BCUT2D eigenvalue weighted by Gasteiger charge is -2.58. The molecular weight excluding hydrogens is 489 g/mol. The molecule has 4 aliphatic rings. The fraction of sp³-hybridized carbons (Fsp3) is 0.522. The minimum absolute atomic E-state index is 0.0855. The van der Waals surface area contributed by atoms with Crippen LogP contribution in [0.5, 0.6) is 0 Å². The predicted molar refractivity (Wildman–Crippen MR) is 122 cm³/mol. The molecule has 2 aliphatic carbocycles. The van der Waals surface area contributed by atoms with Gasteiger partial charge in [-0.05, 0) is 49.7 Å². The van der Waals surface area contributed by atoms with E-state index in [2.05, 4.69) is 9.88 Å². The van der Waals surface area contributed by atoms with Crippen LogP contribution >= 0.6 is 11.6 Å². The summed E-state index contributed by atoms with van der Waals surface area (Å²) in [6, 6.07) is 4.89. The standard InChI is InChI=1S/C23H24ClF3N4O2S/c24-19-15(30-9-8-23(13-30)5-4-16(23)31-11-22(12-31)6-7-22)10-14(25)21(20(19)27)34(32,33)29-18-3-1-2-17(26)28-18/h1-3,10,16H,4-9,11-13H2,(H,28,29)/t16-,23-/m0/s1. The molecular formula is C23H24ClF3N4O2S. The van der Waals surface area contributed by atoms with Crippen molar-refractivity contribution in [2.45, 2.75) is 43.0 Å². The minimum atomic E-state index is -4.73. The van der Waals surface area contributed by atoms with E-state index >= 15 is 8.78 Å². The van der Waals surface area contributed by atoms with Crippen molar-refractivity contribution >= 4 is 33.1 Å². The number of anilines is 2. The number of sulfonamides is 1. The van der Waals surface area contributed by atoms with Crippen LogP contribution in [0.25, 0.3) is 0 Å². The van der Waals surface area contributed by atoms with Crippen LogP contribution in [0.15, 0.2) is 29.2 Å². The zero-order valence-corrected chi connectivity index (χ0v) is 19.9. The van der Waals surface area contributed by atoms with Gasteiger partial charge in [0.2, 0.25) is 5.95 Å². The molecule has 3 heterocycles. The SMILES string of the molecule is O=S(=O)(Nc1cccc(F)n1)c1c(F)cc(N2CC[C@@]3(CC[C@@H]3N3CC4(CC4)C3)C2)c(Cl)c1F. The highest BCUT2D eigenvalue weighted by atomic mass is 35.5. The molecule has 2 spiro atoms. The summed E-state index contributed by atoms with van der Waals surface area (Å²) in [6.07, 6.45) is 5.76. The molecule has 0 amide bonds. The van der Waals surface area contributed by atoms with Gasteiger partial charge in [0.1, 0.15) is 16.7 Å². The first-order valence-electron chi connectivity index (χ1n) is 11.4. The lowest BCUT2D eigenvalue weighted by atomic mass is 9.62. The molecule has 2 saturated carbocycles. The van der Waals surface area contributed by atoms with Crippen LogP contribution in [-0.2, 0) is 10.0 Å². The second kappa shape index (κ2) is 7.48. The largest absolute Gasteiger partial charge is 0.370 e. The zero-order valence-electron chi connectivity index (χ0n) is 18.3. The van der Waals surface area contributed by atoms with E-state index in [1.165, 1.54) is 25.0 Å². The maximum atomic E-state index is 15.2. The lowest BCUT2D eigenvalue weighted by Crippen LogP contribution is -2.64. The Hall–Kier alpha value is -2.04. The van der Waals surface area contributed by atoms with E-state index < -0.39 is 43.3 Å². The number of likely N-dealkylation sites (tertiary alicyclic amines) is 1. The first kappa shape index (κ1) is 22.4. The molecule has 1 aromatic carbocycles. The molecule has 4 fully saturated rings. The van der Waals surface area contributed by atoms with Gasteiger partial charge in [-0.3, -0.25) is 9.62 Å². The van der Waals surface area contributed by atoms with E-state index in [4.69, 9.17) is 11.6 Å². The molecule has 2 atom stereocenters. The third-order valence-corrected chi connectivity index (χ3v) is 9.89. The van der Waals surface area contributed by atoms with E-state index in [-0.39, 0.29) is 11.1 Å². The van der Waals surface area contributed by atoms with Gasteiger partial charge in [0.15, 0.2) is 10.7 Å². The molecule has 6 rings (SSSR count). The van der Waals surface area contributed by atoms with Crippen molar-refractivity contribution in [1.29, 1.82) is 0 Å². The van der Waals surface area contributed by atoms with Gasteiger partial charge in [-0.2, -0.15) is 4.39 Å². The second-order valence-corrected chi connectivity index (χ2v) is 12.3. The van der Waals surface area contributed by atoms with E-state index in [9.17, 15) is 12.8 Å². The Kier molecular flexibility index (Phi) is 4.93. The number of rotatable bonds is 5. The lowest BCUT2D eigenvalue weighted by molar-refractivity contribution is -0.0772. The van der Waals surface area contributed by atoms with Gasteiger partial charge in [0, 0.05) is 43.7 Å². The molecule has 11 heteroatoms. The Morgan fingerprint density at radius 1 is 1.09 bits per heavy atom. The van der Waals surface area contributed by atoms with E-state index in [0.717, 1.165) is 44.5 Å². The van der Waals surface area contributed by atoms with Crippen LogP contribution in [0, 0.1) is 28.4 Å². The average molecular weight is 513 g/mol. The normalized spacial score (nSPS) is 27.6. The maximum Gasteiger partial charge on any atom is 0.268 e. The molecule has 34 heavy (non-hydrogen) atoms. The number of aromatic nitrogens is 1. The summed E-state index contributed by atoms with van der Waals surface area (Å²) in [4.78, 5) is 6.59. The Morgan fingerprint density at radius 3 is 2.50 bits per heavy atom. The van der Waals surface area contributed by atoms with E-state index in [1.807, 2.05) is 9.62 Å². The smallest absolute Gasteiger partial charge is 0.268 e. The van der Waals surface area contributed by atoms with Gasteiger partial charge >= 0.3 is 0 Å². The third-order valence-electron chi connectivity index (χ3n) is 8.14. The third kappa shape index (κ3) is 3.48. The number of halogens is 4. The van der Waals surface area contributed by atoms with Gasteiger partial charge in [0.05, 0.1) is 5.69 Å². The van der Waals surface area contributed by atoms with Gasteiger partial charge in [-0.15, -0.1) is 0 Å². The molecule has 182 valence electrons. The topological polar surface area (TPSA) is 65.5 Å². The molecule has 1 aromatic heterocycles. The Balaban J connectivity index is 1.24. The van der Waals surface area contributed by atoms with Gasteiger partial charge in [0.25, 0.3) is 10.0 Å². The van der Waals surface area contributed by atoms with Crippen LogP contribution in [0.2, 0.25) is 5.02 Å². The summed E-state index contributed by atoms with van der Waals surface area (Å²) in [5.41, 5.74) is 0.813. The van der Waals surface area contributed by atoms with Gasteiger partial charge < -0.3 is 4.90 Å². The Morgan fingerprint density at radius 2 is 1.85 bits per heavy atom. The van der Waals surface area contributed by atoms with Crippen LogP contribution < -0.4 is 9.62 Å². The molecule has 0 unspecified atom stereocenters. The summed E-state index contributed by atoms with van der Waals surface area (Å²) in [5, 5.41) is -0.442. The predicted octanol–water partition coefficient (Wildman–Crippen LogP) is 4.41. The molecule has 2 aromatic rings. The van der Waals surface area contributed by atoms with Gasteiger partial charge in [-0.25, -0.2) is 22.2 Å². The summed E-state index contributed by atoms with van der Waals surface area (Å²) >= 11 is 6.26. The van der Waals surface area contributed by atoms with E-state index in [0.29, 0.717) is 24.5 Å². The number of nitrogens with zero attached hydrogens (tertiary/aromatic N) is 3. The van der Waals surface area contributed by atoms with Crippen LogP contribution in [0.4, 0.5) is 24.7 Å². The molecule has 6 nitrogen and oxygen atoms in total. The van der Waals surface area contributed by atoms with Crippen LogP contribution in [-0.4, -0.2) is 50.5 Å². The number of hydrogen-bond donors (Lipinski definition) is 1. The first-order chi connectivity index (χ1) is 16.1. The van der Waals surface area contributed by atoms with Crippen LogP contribution in [0.3, 0.4) is 0 Å². The Labute approximate surface area is 201 Å². The van der Waals surface area contributed by atoms with Crippen LogP contribution in [0.1, 0.15) is 32.1 Å². The maximum absolute atomic E-state index is 15.2. The molecule has 2 saturated heterocycles. The fourth-order valence-electron chi connectivity index (χ4n) is 6.05. The summed E-state index contributed by atoms with van der Waals surface area (Å²) < 4.78 is 70.8. The number of benzene rings is 1. The molecule has 0 bridgehead atoms. The fourth-order valence-corrected chi connectivity index (χ4v) is 7.52. The zero-order chi connectivity index (χ0) is 23.9. The minimum Gasteiger partial charge on any atom is -0.370 e. The summed E-state index contributed by atoms with van der Waals surface area (Å²) in [5.74, 6) is -3.96. The van der Waals surface area contributed by atoms with Crippen molar-refractivity contribution in [2.75, 3.05) is 35.8 Å². The van der Waals surface area contributed by atoms with E-state index in [1.54, 1.807) is 0 Å². The highest BCUT2D eigenvalue weighted by Crippen LogP contribution is 2.59. The highest BCUT2D eigenvalue weighted by molar-refractivity contribution is 7.92. The molecule has 2 aliphatic heterocycles. The van der Waals surface area contributed by atoms with Crippen molar-refractivity contribution in [2.24, 2.45) is 10.8 Å². The van der Waals surface area contributed by atoms with Crippen molar-refractivity contribution < 1.29 is 21.6 Å². The molecule has 1 N–H and O–H groups in total. The van der Waals surface area contributed by atoms with Crippen molar-refractivity contribution in [3.8, 4) is 0 Å². The Bertz CT molecular complexity index is 1280. The first-order valence-corrected chi connectivity index (χ1v) is 13.3. The number of hydrogen-bond acceptors (Lipinski definition) is 5. The second-order valence-electron chi connectivity index (χ2n) is 10.3. The summed E-state index contributed by atoms with van der Waals surface area (Å²) in [6.45, 7) is 3.55. The highest BCUT2D eigenvalue weighted by Gasteiger charge is 2.60. The number of pyridine rings is 1. The summed E-state index contributed by atoms with van der Waals surface area (Å²) in [7, 11) is -4.73. The van der Waals surface area contributed by atoms with Gasteiger partial charge in [-0.1, -0.05) is 17.7 Å². The number of nitrogens with one attached hydrogen (secondary N) is 1. The molecule has 0 radical (unpaired) electrons. The quantitative estimate of drug-likeness (QED) is 0.475. The monoisotopic (exact) mass is 512 g/mol. The average Bonchev–Trinajstić information content (AvgIpc) is 3.38.